The predicted octanol–water partition coefficient (Wildman–Crippen LogP) is 1.58. The molecule has 13 heteroatoms. The quantitative estimate of drug-likeness (QED) is 0.159. The number of carbonyl (C=O) groups excluding carboxylic acids is 3. The van der Waals surface area contributed by atoms with Crippen LogP contribution in [0, 0.1) is 0 Å². The summed E-state index contributed by atoms with van der Waals surface area (Å²) in [7, 11) is 0. The van der Waals surface area contributed by atoms with Crippen molar-refractivity contribution in [3.8, 4) is 17.2 Å². The molecular weight excluding hydrogens is 514 g/mol. The molecule has 0 aromatic heterocycles. The summed E-state index contributed by atoms with van der Waals surface area (Å²) in [5, 5.41) is 51.6. The zero-order chi connectivity index (χ0) is 29.2. The van der Waals surface area contributed by atoms with Crippen molar-refractivity contribution in [1.29, 1.82) is 0 Å². The number of nitrogens with one attached hydrogen (secondary N) is 3. The van der Waals surface area contributed by atoms with E-state index in [1.807, 2.05) is 0 Å². The SMILES string of the molecule is O=C(O)CCCCCCCNC(=O)c1ccc(O)cc1O.O=C(O)CNC(=O)CNC(=O)c1ccc(O)cc1. The Morgan fingerprint density at radius 3 is 1.85 bits per heavy atom. The van der Waals surface area contributed by atoms with Crippen LogP contribution >= 0.6 is 0 Å². The first-order chi connectivity index (χ1) is 18.5. The summed E-state index contributed by atoms with van der Waals surface area (Å²) < 4.78 is 0. The van der Waals surface area contributed by atoms with Crippen molar-refractivity contribution >= 4 is 29.7 Å². The van der Waals surface area contributed by atoms with Crippen LogP contribution in [-0.2, 0) is 14.4 Å². The van der Waals surface area contributed by atoms with Gasteiger partial charge in [0.2, 0.25) is 5.91 Å². The highest BCUT2D eigenvalue weighted by Gasteiger charge is 2.11. The maximum atomic E-state index is 11.8. The molecule has 0 unspecified atom stereocenters. The lowest BCUT2D eigenvalue weighted by Crippen LogP contribution is -2.38. The Bertz CT molecular complexity index is 1120. The highest BCUT2D eigenvalue weighted by Crippen LogP contribution is 2.22. The van der Waals surface area contributed by atoms with E-state index in [9.17, 15) is 29.1 Å². The van der Waals surface area contributed by atoms with Crippen molar-refractivity contribution in [3.05, 3.63) is 53.6 Å². The molecule has 0 saturated heterocycles. The minimum Gasteiger partial charge on any atom is -0.508 e. The topological polar surface area (TPSA) is 223 Å². The highest BCUT2D eigenvalue weighted by molar-refractivity contribution is 5.97. The van der Waals surface area contributed by atoms with Crippen LogP contribution in [0.1, 0.15) is 59.2 Å². The number of benzene rings is 2. The third-order valence-corrected chi connectivity index (χ3v) is 5.05. The van der Waals surface area contributed by atoms with Crippen LogP contribution in [0.2, 0.25) is 0 Å². The molecule has 0 bridgehead atoms. The van der Waals surface area contributed by atoms with Gasteiger partial charge < -0.3 is 41.5 Å². The van der Waals surface area contributed by atoms with Crippen molar-refractivity contribution in [2.45, 2.75) is 38.5 Å². The Balaban J connectivity index is 0.000000395. The average molecular weight is 548 g/mol. The van der Waals surface area contributed by atoms with Crippen LogP contribution in [0.4, 0.5) is 0 Å². The number of unbranched alkanes of at least 4 members (excludes halogenated alkanes) is 4. The normalized spacial score (nSPS) is 9.95. The molecule has 0 spiro atoms. The fraction of sp³-hybridized carbons (Fsp3) is 0.346. The molecule has 0 heterocycles. The number of carbonyl (C=O) groups is 5. The number of aromatic hydroxyl groups is 3. The Hall–Kier alpha value is -4.81. The Labute approximate surface area is 224 Å². The maximum absolute atomic E-state index is 11.8. The molecule has 0 aliphatic carbocycles. The summed E-state index contributed by atoms with van der Waals surface area (Å²) in [6, 6.07) is 9.33. The maximum Gasteiger partial charge on any atom is 0.322 e. The van der Waals surface area contributed by atoms with Gasteiger partial charge in [0.25, 0.3) is 11.8 Å². The van der Waals surface area contributed by atoms with Gasteiger partial charge >= 0.3 is 11.9 Å². The number of rotatable bonds is 14. The van der Waals surface area contributed by atoms with Crippen LogP contribution < -0.4 is 16.0 Å². The molecular formula is C26H33N3O10. The molecule has 8 N–H and O–H groups in total. The first kappa shape index (κ1) is 32.2. The number of hydrogen-bond donors (Lipinski definition) is 8. The summed E-state index contributed by atoms with van der Waals surface area (Å²) in [5.74, 6) is -3.69. The standard InChI is InChI=1S/C15H21NO5.C11H12N2O5/c17-11-7-8-12(13(18)10-11)15(21)16-9-5-3-1-2-4-6-14(19)20;14-8-3-1-7(2-4-8)11(18)13-5-9(15)12-6-10(16)17/h7-8,10,17-18H,1-6,9H2,(H,16,21)(H,19,20);1-4,14H,5-6H2,(H,12,15)(H,13,18)(H,16,17). The van der Waals surface area contributed by atoms with Crippen LogP contribution in [-0.4, -0.2) is 74.8 Å². The molecule has 2 aromatic rings. The highest BCUT2D eigenvalue weighted by atomic mass is 16.4. The molecule has 0 atom stereocenters. The second kappa shape index (κ2) is 17.6. The van der Waals surface area contributed by atoms with Gasteiger partial charge in [-0.25, -0.2) is 0 Å². The minimum atomic E-state index is -1.16. The zero-order valence-electron chi connectivity index (χ0n) is 21.2. The minimum absolute atomic E-state index is 0.0331. The Kier molecular flexibility index (Phi) is 14.5. The molecule has 0 aliphatic rings. The number of carboxylic acids is 2. The number of carboxylic acid groups (broad SMARTS) is 2. The van der Waals surface area contributed by atoms with Gasteiger partial charge in [0.15, 0.2) is 0 Å². The molecule has 2 aromatic carbocycles. The van der Waals surface area contributed by atoms with E-state index in [1.54, 1.807) is 0 Å². The summed E-state index contributed by atoms with van der Waals surface area (Å²) in [4.78, 5) is 54.9. The van der Waals surface area contributed by atoms with Gasteiger partial charge in [-0.2, -0.15) is 0 Å². The van der Waals surface area contributed by atoms with E-state index in [2.05, 4.69) is 16.0 Å². The van der Waals surface area contributed by atoms with E-state index in [1.165, 1.54) is 36.4 Å². The van der Waals surface area contributed by atoms with Crippen LogP contribution in [0.15, 0.2) is 42.5 Å². The van der Waals surface area contributed by atoms with E-state index in [0.29, 0.717) is 18.5 Å². The van der Waals surface area contributed by atoms with Gasteiger partial charge in [0.05, 0.1) is 12.1 Å². The van der Waals surface area contributed by atoms with Gasteiger partial charge in [0.1, 0.15) is 23.8 Å². The smallest absolute Gasteiger partial charge is 0.322 e. The third kappa shape index (κ3) is 14.5. The summed E-state index contributed by atoms with van der Waals surface area (Å²) in [6.07, 6.45) is 4.42. The largest absolute Gasteiger partial charge is 0.508 e. The second-order valence-electron chi connectivity index (χ2n) is 8.27. The number of phenols is 3. The van der Waals surface area contributed by atoms with E-state index in [0.717, 1.165) is 31.7 Å². The number of hydrogen-bond acceptors (Lipinski definition) is 8. The number of amides is 3. The van der Waals surface area contributed by atoms with E-state index in [-0.39, 0.29) is 41.7 Å². The molecule has 0 saturated carbocycles. The molecule has 212 valence electrons. The summed E-state index contributed by atoms with van der Waals surface area (Å²) >= 11 is 0. The first-order valence-corrected chi connectivity index (χ1v) is 12.1. The van der Waals surface area contributed by atoms with Crippen LogP contribution in [0.25, 0.3) is 0 Å². The van der Waals surface area contributed by atoms with Gasteiger partial charge in [-0.05, 0) is 49.2 Å². The lowest BCUT2D eigenvalue weighted by Gasteiger charge is -2.07. The van der Waals surface area contributed by atoms with Gasteiger partial charge in [-0.3, -0.25) is 24.0 Å². The van der Waals surface area contributed by atoms with Crippen LogP contribution in [0.5, 0.6) is 17.2 Å². The molecule has 13 nitrogen and oxygen atoms in total. The Morgan fingerprint density at radius 2 is 1.23 bits per heavy atom. The Morgan fingerprint density at radius 1 is 0.615 bits per heavy atom. The van der Waals surface area contributed by atoms with Crippen molar-refractivity contribution in [2.24, 2.45) is 0 Å². The number of phenolic OH excluding ortho intramolecular Hbond substituents is 3. The van der Waals surface area contributed by atoms with Crippen molar-refractivity contribution in [3.63, 3.8) is 0 Å². The van der Waals surface area contributed by atoms with Crippen LogP contribution in [0.3, 0.4) is 0 Å². The second-order valence-corrected chi connectivity index (χ2v) is 8.27. The van der Waals surface area contributed by atoms with Crippen molar-refractivity contribution in [2.75, 3.05) is 19.6 Å². The molecule has 3 amide bonds. The summed E-state index contributed by atoms with van der Waals surface area (Å²) in [5.41, 5.74) is 0.424. The average Bonchev–Trinajstić information content (AvgIpc) is 2.88. The van der Waals surface area contributed by atoms with Gasteiger partial charge in [-0.1, -0.05) is 19.3 Å². The predicted molar refractivity (Wildman–Crippen MR) is 139 cm³/mol. The lowest BCUT2D eigenvalue weighted by atomic mass is 10.1. The first-order valence-electron chi connectivity index (χ1n) is 12.1. The monoisotopic (exact) mass is 547 g/mol. The fourth-order valence-corrected chi connectivity index (χ4v) is 3.05. The third-order valence-electron chi connectivity index (χ3n) is 5.05. The molecule has 0 fully saturated rings. The lowest BCUT2D eigenvalue weighted by molar-refractivity contribution is -0.138. The summed E-state index contributed by atoms with van der Waals surface area (Å²) in [6.45, 7) is -0.307. The van der Waals surface area contributed by atoms with Crippen molar-refractivity contribution < 1.29 is 49.5 Å². The number of aliphatic carboxylic acids is 2. The molecule has 0 aliphatic heterocycles. The zero-order valence-corrected chi connectivity index (χ0v) is 21.2. The molecule has 0 radical (unpaired) electrons. The van der Waals surface area contributed by atoms with Gasteiger partial charge in [0, 0.05) is 24.6 Å². The van der Waals surface area contributed by atoms with E-state index in [4.69, 9.17) is 20.4 Å². The van der Waals surface area contributed by atoms with E-state index < -0.39 is 30.3 Å². The molecule has 39 heavy (non-hydrogen) atoms. The van der Waals surface area contributed by atoms with Crippen molar-refractivity contribution in [1.82, 2.24) is 16.0 Å². The molecule has 2 rings (SSSR count). The fourth-order valence-electron chi connectivity index (χ4n) is 3.05. The van der Waals surface area contributed by atoms with Gasteiger partial charge in [-0.15, -0.1) is 0 Å². The van der Waals surface area contributed by atoms with E-state index >= 15 is 0 Å².